The van der Waals surface area contributed by atoms with Crippen molar-refractivity contribution in [3.63, 3.8) is 0 Å². The van der Waals surface area contributed by atoms with E-state index in [2.05, 4.69) is 36.6 Å². The number of amides is 2. The Morgan fingerprint density at radius 1 is 1.19 bits per heavy atom. The normalized spacial score (nSPS) is 14.2. The first kappa shape index (κ1) is 16.7. The van der Waals surface area contributed by atoms with Gasteiger partial charge in [-0.25, -0.2) is 19.4 Å². The Morgan fingerprint density at radius 2 is 1.96 bits per heavy atom. The predicted octanol–water partition coefficient (Wildman–Crippen LogP) is 0.984. The summed E-state index contributed by atoms with van der Waals surface area (Å²) in [4.78, 5) is 24.9. The number of aryl methyl sites for hydroxylation is 1. The monoisotopic (exact) mass is 363 g/mol. The van der Waals surface area contributed by atoms with Crippen molar-refractivity contribution in [1.82, 2.24) is 29.9 Å². The molecule has 4 rings (SSSR count). The van der Waals surface area contributed by atoms with Crippen molar-refractivity contribution in [2.24, 2.45) is 7.05 Å². The maximum absolute atomic E-state index is 12.5. The SMILES string of the molecule is Cn1nnc2c(N3CCN(C(=O)Nc4ccccc4C#N)CC3)ncnc21. The van der Waals surface area contributed by atoms with Gasteiger partial charge in [-0.05, 0) is 12.1 Å². The van der Waals surface area contributed by atoms with E-state index in [1.165, 1.54) is 6.33 Å². The molecule has 0 bridgehead atoms. The van der Waals surface area contributed by atoms with Gasteiger partial charge in [-0.2, -0.15) is 5.26 Å². The van der Waals surface area contributed by atoms with E-state index in [0.717, 1.165) is 5.82 Å². The molecule has 0 atom stereocenters. The molecule has 10 nitrogen and oxygen atoms in total. The lowest BCUT2D eigenvalue weighted by Gasteiger charge is -2.35. The Labute approximate surface area is 155 Å². The highest BCUT2D eigenvalue weighted by molar-refractivity contribution is 5.91. The minimum absolute atomic E-state index is 0.218. The molecule has 2 aromatic heterocycles. The van der Waals surface area contributed by atoms with Gasteiger partial charge in [-0.1, -0.05) is 17.3 Å². The van der Waals surface area contributed by atoms with E-state index in [-0.39, 0.29) is 6.03 Å². The van der Waals surface area contributed by atoms with Crippen molar-refractivity contribution < 1.29 is 4.79 Å². The number of carbonyl (C=O) groups excluding carboxylic acids is 1. The number of para-hydroxylation sites is 1. The molecule has 10 heteroatoms. The lowest BCUT2D eigenvalue weighted by atomic mass is 10.2. The molecule has 2 amide bonds. The summed E-state index contributed by atoms with van der Waals surface area (Å²) < 4.78 is 1.61. The van der Waals surface area contributed by atoms with Crippen LogP contribution in [0.25, 0.3) is 11.2 Å². The molecule has 3 aromatic rings. The summed E-state index contributed by atoms with van der Waals surface area (Å²) in [5, 5.41) is 20.1. The summed E-state index contributed by atoms with van der Waals surface area (Å²) in [5.41, 5.74) is 2.29. The molecule has 0 radical (unpaired) electrons. The third-order valence-corrected chi connectivity index (χ3v) is 4.52. The number of nitrogens with zero attached hydrogens (tertiary/aromatic N) is 8. The highest BCUT2D eigenvalue weighted by Gasteiger charge is 2.24. The fourth-order valence-electron chi connectivity index (χ4n) is 3.08. The lowest BCUT2D eigenvalue weighted by Crippen LogP contribution is -2.50. The number of carbonyl (C=O) groups is 1. The second-order valence-corrected chi connectivity index (χ2v) is 6.14. The van der Waals surface area contributed by atoms with E-state index in [0.29, 0.717) is 48.6 Å². The van der Waals surface area contributed by atoms with Crippen molar-refractivity contribution in [3.05, 3.63) is 36.2 Å². The highest BCUT2D eigenvalue weighted by Crippen LogP contribution is 2.21. The van der Waals surface area contributed by atoms with Crippen molar-refractivity contribution in [3.8, 4) is 6.07 Å². The second-order valence-electron chi connectivity index (χ2n) is 6.14. The van der Waals surface area contributed by atoms with Gasteiger partial charge in [-0.15, -0.1) is 5.10 Å². The predicted molar refractivity (Wildman–Crippen MR) is 98.1 cm³/mol. The maximum atomic E-state index is 12.5. The van der Waals surface area contributed by atoms with Gasteiger partial charge in [0.1, 0.15) is 12.4 Å². The van der Waals surface area contributed by atoms with Gasteiger partial charge in [-0.3, -0.25) is 0 Å². The third kappa shape index (κ3) is 3.10. The van der Waals surface area contributed by atoms with E-state index >= 15 is 0 Å². The quantitative estimate of drug-likeness (QED) is 0.721. The number of fused-ring (bicyclic) bond motifs is 1. The zero-order chi connectivity index (χ0) is 18.8. The fourth-order valence-corrected chi connectivity index (χ4v) is 3.08. The molecule has 0 unspecified atom stereocenters. The zero-order valence-corrected chi connectivity index (χ0v) is 14.7. The van der Waals surface area contributed by atoms with Gasteiger partial charge in [0.2, 0.25) is 0 Å². The number of benzene rings is 1. The summed E-state index contributed by atoms with van der Waals surface area (Å²) in [7, 11) is 1.79. The molecule has 1 aliphatic rings. The lowest BCUT2D eigenvalue weighted by molar-refractivity contribution is 0.208. The van der Waals surface area contributed by atoms with Gasteiger partial charge < -0.3 is 15.1 Å². The molecule has 27 heavy (non-hydrogen) atoms. The number of nitriles is 1. The Balaban J connectivity index is 1.44. The summed E-state index contributed by atoms with van der Waals surface area (Å²) in [6.07, 6.45) is 1.50. The Morgan fingerprint density at radius 3 is 2.74 bits per heavy atom. The summed E-state index contributed by atoms with van der Waals surface area (Å²) in [6.45, 7) is 2.31. The first-order valence-corrected chi connectivity index (χ1v) is 8.48. The van der Waals surface area contributed by atoms with Crippen molar-refractivity contribution in [2.45, 2.75) is 0 Å². The number of hydrogen-bond donors (Lipinski definition) is 1. The Bertz CT molecular complexity index is 1030. The number of aromatic nitrogens is 5. The van der Waals surface area contributed by atoms with E-state index in [1.54, 1.807) is 40.9 Å². The number of piperazine rings is 1. The molecule has 1 fully saturated rings. The van der Waals surface area contributed by atoms with Crippen LogP contribution in [0.5, 0.6) is 0 Å². The van der Waals surface area contributed by atoms with Gasteiger partial charge in [0, 0.05) is 33.2 Å². The van der Waals surface area contributed by atoms with E-state index in [4.69, 9.17) is 5.26 Å². The molecule has 136 valence electrons. The molecular formula is C17H17N9O. The smallest absolute Gasteiger partial charge is 0.322 e. The van der Waals surface area contributed by atoms with Crippen LogP contribution >= 0.6 is 0 Å². The molecule has 0 aliphatic carbocycles. The largest absolute Gasteiger partial charge is 0.351 e. The van der Waals surface area contributed by atoms with Crippen LogP contribution in [-0.2, 0) is 7.05 Å². The Kier molecular flexibility index (Phi) is 4.25. The molecular weight excluding hydrogens is 346 g/mol. The number of urea groups is 1. The Hall–Kier alpha value is -3.74. The number of anilines is 2. The first-order chi connectivity index (χ1) is 13.2. The fraction of sp³-hybridized carbons (Fsp3) is 0.294. The molecule has 3 heterocycles. The van der Waals surface area contributed by atoms with E-state index < -0.39 is 0 Å². The minimum Gasteiger partial charge on any atom is -0.351 e. The molecule has 0 saturated carbocycles. The topological polar surface area (TPSA) is 116 Å². The number of nitrogens with one attached hydrogen (secondary N) is 1. The summed E-state index contributed by atoms with van der Waals surface area (Å²) >= 11 is 0. The van der Waals surface area contributed by atoms with Crippen LogP contribution in [0, 0.1) is 11.3 Å². The number of rotatable bonds is 2. The zero-order valence-electron chi connectivity index (χ0n) is 14.7. The van der Waals surface area contributed by atoms with E-state index in [9.17, 15) is 4.79 Å². The van der Waals surface area contributed by atoms with Gasteiger partial charge in [0.15, 0.2) is 17.0 Å². The van der Waals surface area contributed by atoms with Gasteiger partial charge in [0.05, 0.1) is 11.3 Å². The van der Waals surface area contributed by atoms with Crippen LogP contribution in [0.15, 0.2) is 30.6 Å². The molecule has 1 N–H and O–H groups in total. The molecule has 1 aromatic carbocycles. The van der Waals surface area contributed by atoms with E-state index in [1.807, 2.05) is 0 Å². The van der Waals surface area contributed by atoms with Gasteiger partial charge >= 0.3 is 6.03 Å². The van der Waals surface area contributed by atoms with Crippen molar-refractivity contribution in [2.75, 3.05) is 36.4 Å². The van der Waals surface area contributed by atoms with Crippen molar-refractivity contribution in [1.29, 1.82) is 5.26 Å². The standard InChI is InChI=1S/C17H17N9O/c1-24-15-14(22-23-24)16(20-11-19-15)25-6-8-26(9-7-25)17(27)21-13-5-3-2-4-12(13)10-18/h2-5,11H,6-9H2,1H3,(H,21,27). The highest BCUT2D eigenvalue weighted by atomic mass is 16.2. The average molecular weight is 363 g/mol. The summed E-state index contributed by atoms with van der Waals surface area (Å²) in [5.74, 6) is 0.725. The van der Waals surface area contributed by atoms with Gasteiger partial charge in [0.25, 0.3) is 0 Å². The molecule has 1 saturated heterocycles. The van der Waals surface area contributed by atoms with Crippen LogP contribution in [0.2, 0.25) is 0 Å². The van der Waals surface area contributed by atoms with Crippen LogP contribution in [0.4, 0.5) is 16.3 Å². The minimum atomic E-state index is -0.218. The van der Waals surface area contributed by atoms with Crippen LogP contribution in [0.1, 0.15) is 5.56 Å². The van der Waals surface area contributed by atoms with Crippen LogP contribution < -0.4 is 10.2 Å². The third-order valence-electron chi connectivity index (χ3n) is 4.52. The molecule has 0 spiro atoms. The average Bonchev–Trinajstić information content (AvgIpc) is 3.10. The van der Waals surface area contributed by atoms with Crippen LogP contribution in [0.3, 0.4) is 0 Å². The first-order valence-electron chi connectivity index (χ1n) is 8.48. The van der Waals surface area contributed by atoms with Crippen LogP contribution in [-0.4, -0.2) is 62.1 Å². The number of hydrogen-bond acceptors (Lipinski definition) is 7. The van der Waals surface area contributed by atoms with Crippen molar-refractivity contribution >= 4 is 28.7 Å². The maximum Gasteiger partial charge on any atom is 0.322 e. The summed E-state index contributed by atoms with van der Waals surface area (Å²) in [6, 6.07) is 8.81. The molecule has 1 aliphatic heterocycles. The second kappa shape index (κ2) is 6.87.